The minimum Gasteiger partial charge on any atom is -0.376 e. The van der Waals surface area contributed by atoms with E-state index in [1.807, 2.05) is 27.7 Å². The standard InChI is InChI=1S/C12H26O.C5H12O2.C2H6/c1-7-13-12(6,8-10(2)3)9-11(4)5;1-3-6-5-7-4-2;1-2/h10-11H,7-9H2,1-6H3;3-5H2,1-2H3;1-2H3. The normalized spacial score (nSPS) is 10.9. The molecule has 0 fully saturated rings. The smallest absolute Gasteiger partial charge is 0.146 e. The van der Waals surface area contributed by atoms with Crippen molar-refractivity contribution < 1.29 is 14.2 Å². The van der Waals surface area contributed by atoms with Gasteiger partial charge in [-0.2, -0.15) is 0 Å². The molecule has 0 aliphatic heterocycles. The molecule has 0 spiro atoms. The summed E-state index contributed by atoms with van der Waals surface area (Å²) >= 11 is 0. The van der Waals surface area contributed by atoms with Gasteiger partial charge < -0.3 is 14.2 Å². The molecule has 0 amide bonds. The molecule has 3 heteroatoms. The van der Waals surface area contributed by atoms with E-state index in [2.05, 4.69) is 41.5 Å². The van der Waals surface area contributed by atoms with E-state index in [0.717, 1.165) is 31.7 Å². The Morgan fingerprint density at radius 2 is 1.09 bits per heavy atom. The lowest BCUT2D eigenvalue weighted by atomic mass is 9.86. The van der Waals surface area contributed by atoms with E-state index < -0.39 is 0 Å². The first-order valence-electron chi connectivity index (χ1n) is 9.10. The fraction of sp³-hybridized carbons (Fsp3) is 1.00. The zero-order valence-electron chi connectivity index (χ0n) is 17.1. The maximum absolute atomic E-state index is 5.85. The number of hydrogen-bond acceptors (Lipinski definition) is 3. The van der Waals surface area contributed by atoms with Crippen molar-refractivity contribution in [2.75, 3.05) is 26.6 Å². The average molecular weight is 321 g/mol. The van der Waals surface area contributed by atoms with Crippen LogP contribution in [0.1, 0.15) is 82.1 Å². The molecule has 0 unspecified atom stereocenters. The van der Waals surface area contributed by atoms with Crippen molar-refractivity contribution in [1.82, 2.24) is 0 Å². The summed E-state index contributed by atoms with van der Waals surface area (Å²) in [6.07, 6.45) is 2.33. The highest BCUT2D eigenvalue weighted by atomic mass is 16.7. The fourth-order valence-electron chi connectivity index (χ4n) is 2.50. The first kappa shape index (κ1) is 26.8. The van der Waals surface area contributed by atoms with Crippen LogP contribution in [0.2, 0.25) is 0 Å². The summed E-state index contributed by atoms with van der Waals surface area (Å²) in [6.45, 7) is 24.0. The Hall–Kier alpha value is -0.120. The van der Waals surface area contributed by atoms with Gasteiger partial charge in [-0.25, -0.2) is 0 Å². The molecule has 0 aliphatic rings. The minimum atomic E-state index is 0.0943. The predicted molar refractivity (Wildman–Crippen MR) is 98.4 cm³/mol. The zero-order chi connectivity index (χ0) is 18.0. The molecule has 0 heterocycles. The number of ether oxygens (including phenoxy) is 3. The van der Waals surface area contributed by atoms with Gasteiger partial charge in [-0.3, -0.25) is 0 Å². The van der Waals surface area contributed by atoms with E-state index in [-0.39, 0.29) is 5.60 Å². The van der Waals surface area contributed by atoms with Gasteiger partial charge in [-0.15, -0.1) is 0 Å². The zero-order valence-corrected chi connectivity index (χ0v) is 17.1. The molecular weight excluding hydrogens is 276 g/mol. The Bertz CT molecular complexity index is 177. The number of rotatable bonds is 10. The third kappa shape index (κ3) is 22.2. The fourth-order valence-corrected chi connectivity index (χ4v) is 2.50. The average Bonchev–Trinajstić information content (AvgIpc) is 2.40. The molecule has 0 bridgehead atoms. The Labute approximate surface area is 141 Å². The van der Waals surface area contributed by atoms with Crippen molar-refractivity contribution in [3.05, 3.63) is 0 Å². The molecule has 138 valence electrons. The summed E-state index contributed by atoms with van der Waals surface area (Å²) < 4.78 is 15.6. The second-order valence-corrected chi connectivity index (χ2v) is 6.18. The summed E-state index contributed by atoms with van der Waals surface area (Å²) in [7, 11) is 0. The molecule has 0 aromatic heterocycles. The van der Waals surface area contributed by atoms with Crippen LogP contribution in [-0.2, 0) is 14.2 Å². The van der Waals surface area contributed by atoms with Crippen LogP contribution < -0.4 is 0 Å². The van der Waals surface area contributed by atoms with Crippen molar-refractivity contribution in [2.24, 2.45) is 11.8 Å². The lowest BCUT2D eigenvalue weighted by Crippen LogP contribution is -2.32. The van der Waals surface area contributed by atoms with Crippen LogP contribution in [0.15, 0.2) is 0 Å². The third-order valence-corrected chi connectivity index (χ3v) is 2.75. The van der Waals surface area contributed by atoms with Gasteiger partial charge in [0.25, 0.3) is 0 Å². The maximum Gasteiger partial charge on any atom is 0.146 e. The first-order chi connectivity index (χ1) is 10.3. The van der Waals surface area contributed by atoms with Crippen molar-refractivity contribution in [1.29, 1.82) is 0 Å². The van der Waals surface area contributed by atoms with Gasteiger partial charge in [0.15, 0.2) is 0 Å². The lowest BCUT2D eigenvalue weighted by molar-refractivity contribution is -0.0527. The van der Waals surface area contributed by atoms with Gasteiger partial charge >= 0.3 is 0 Å². The van der Waals surface area contributed by atoms with Crippen LogP contribution >= 0.6 is 0 Å². The summed E-state index contributed by atoms with van der Waals surface area (Å²) in [5, 5.41) is 0. The Morgan fingerprint density at radius 3 is 1.32 bits per heavy atom. The molecule has 0 N–H and O–H groups in total. The van der Waals surface area contributed by atoms with E-state index in [0.29, 0.717) is 6.79 Å². The van der Waals surface area contributed by atoms with Gasteiger partial charge in [0.2, 0.25) is 0 Å². The van der Waals surface area contributed by atoms with Gasteiger partial charge in [0, 0.05) is 19.8 Å². The predicted octanol–water partition coefficient (Wildman–Crippen LogP) is 5.92. The van der Waals surface area contributed by atoms with Gasteiger partial charge in [0.1, 0.15) is 6.79 Å². The second-order valence-electron chi connectivity index (χ2n) is 6.18. The second kappa shape index (κ2) is 18.9. The monoisotopic (exact) mass is 320 g/mol. The summed E-state index contributed by atoms with van der Waals surface area (Å²) in [6, 6.07) is 0. The maximum atomic E-state index is 5.85. The Kier molecular flexibility index (Phi) is 23.0. The highest BCUT2D eigenvalue weighted by Crippen LogP contribution is 2.28. The quantitative estimate of drug-likeness (QED) is 0.369. The summed E-state index contributed by atoms with van der Waals surface area (Å²) in [4.78, 5) is 0. The first-order valence-corrected chi connectivity index (χ1v) is 9.10. The van der Waals surface area contributed by atoms with Crippen molar-refractivity contribution >= 4 is 0 Å². The Morgan fingerprint density at radius 1 is 0.727 bits per heavy atom. The molecular formula is C19H44O3. The highest BCUT2D eigenvalue weighted by Gasteiger charge is 2.26. The third-order valence-electron chi connectivity index (χ3n) is 2.75. The van der Waals surface area contributed by atoms with Gasteiger partial charge in [-0.1, -0.05) is 41.5 Å². The van der Waals surface area contributed by atoms with E-state index in [1.165, 1.54) is 12.8 Å². The van der Waals surface area contributed by atoms with Crippen LogP contribution in [0.25, 0.3) is 0 Å². The highest BCUT2D eigenvalue weighted by molar-refractivity contribution is 4.77. The van der Waals surface area contributed by atoms with Crippen LogP contribution in [0.4, 0.5) is 0 Å². The molecule has 0 atom stereocenters. The molecule has 3 nitrogen and oxygen atoms in total. The molecule has 0 aromatic rings. The Balaban J connectivity index is -0.000000339. The van der Waals surface area contributed by atoms with Crippen molar-refractivity contribution in [3.63, 3.8) is 0 Å². The van der Waals surface area contributed by atoms with Gasteiger partial charge in [-0.05, 0) is 52.4 Å². The topological polar surface area (TPSA) is 27.7 Å². The van der Waals surface area contributed by atoms with Gasteiger partial charge in [0.05, 0.1) is 5.60 Å². The van der Waals surface area contributed by atoms with E-state index in [1.54, 1.807) is 0 Å². The molecule has 0 radical (unpaired) electrons. The SMILES string of the molecule is CC.CCOC(C)(CC(C)C)CC(C)C.CCOCOCC. The molecule has 0 saturated heterocycles. The minimum absolute atomic E-state index is 0.0943. The lowest BCUT2D eigenvalue weighted by Gasteiger charge is -2.32. The molecule has 0 aromatic carbocycles. The molecule has 22 heavy (non-hydrogen) atoms. The molecule has 0 aliphatic carbocycles. The summed E-state index contributed by atoms with van der Waals surface area (Å²) in [5.41, 5.74) is 0.0943. The molecule has 0 saturated carbocycles. The van der Waals surface area contributed by atoms with E-state index >= 15 is 0 Å². The van der Waals surface area contributed by atoms with E-state index in [9.17, 15) is 0 Å². The number of hydrogen-bond donors (Lipinski definition) is 0. The van der Waals surface area contributed by atoms with Crippen molar-refractivity contribution in [2.45, 2.75) is 87.7 Å². The molecule has 0 rings (SSSR count). The van der Waals surface area contributed by atoms with E-state index in [4.69, 9.17) is 14.2 Å². The largest absolute Gasteiger partial charge is 0.376 e. The van der Waals surface area contributed by atoms with Crippen molar-refractivity contribution in [3.8, 4) is 0 Å². The van der Waals surface area contributed by atoms with Crippen LogP contribution in [0.3, 0.4) is 0 Å². The van der Waals surface area contributed by atoms with Crippen LogP contribution in [0.5, 0.6) is 0 Å². The van der Waals surface area contributed by atoms with Crippen LogP contribution in [-0.4, -0.2) is 32.2 Å². The van der Waals surface area contributed by atoms with Crippen LogP contribution in [0, 0.1) is 11.8 Å². The summed E-state index contributed by atoms with van der Waals surface area (Å²) in [5.74, 6) is 1.44.